The van der Waals surface area contributed by atoms with Gasteiger partial charge in [0.15, 0.2) is 12.2 Å². The predicted molar refractivity (Wildman–Crippen MR) is 372 cm³/mol. The van der Waals surface area contributed by atoms with Crippen molar-refractivity contribution < 1.29 is 80.2 Å². The second kappa shape index (κ2) is 65.0. The average Bonchev–Trinajstić information content (AvgIpc) is 2.56. The van der Waals surface area contributed by atoms with Gasteiger partial charge in [-0.15, -0.1) is 0 Å². The molecule has 0 amide bonds. The molecule has 0 spiro atoms. The van der Waals surface area contributed by atoms with Gasteiger partial charge in [0.25, 0.3) is 0 Å². The molecule has 17 nitrogen and oxygen atoms in total. The lowest BCUT2D eigenvalue weighted by molar-refractivity contribution is -0.161. The molecule has 0 rings (SSSR count). The van der Waals surface area contributed by atoms with Crippen molar-refractivity contribution in [3.63, 3.8) is 0 Å². The van der Waals surface area contributed by atoms with Crippen LogP contribution in [0.25, 0.3) is 0 Å². The SMILES string of the molecule is CCCCCCCCCCCCCCCC(=O)OC[C@H](COP(=O)(O)OC[C@@H](O)COP(=O)(O)OC[C@@H](COC(=O)CCCCCCCCCCCCC)OC(=O)CCCCCCCCCCC(C)CC)OC(=O)CCCCCCCCCCCCCCCC(C)C. The van der Waals surface area contributed by atoms with Crippen molar-refractivity contribution in [3.8, 4) is 0 Å². The Labute approximate surface area is 562 Å². The van der Waals surface area contributed by atoms with Crippen molar-refractivity contribution in [1.29, 1.82) is 0 Å². The van der Waals surface area contributed by atoms with Crippen molar-refractivity contribution in [1.82, 2.24) is 0 Å². The van der Waals surface area contributed by atoms with Crippen molar-refractivity contribution >= 4 is 39.5 Å². The van der Waals surface area contributed by atoms with Crippen molar-refractivity contribution in [2.75, 3.05) is 39.6 Å². The first-order valence-electron chi connectivity index (χ1n) is 38.0. The molecule has 0 aromatic rings. The van der Waals surface area contributed by atoms with Crippen LogP contribution in [0.5, 0.6) is 0 Å². The number of hydrogen-bond donors (Lipinski definition) is 3. The number of aliphatic hydroxyl groups excluding tert-OH is 1. The van der Waals surface area contributed by atoms with E-state index in [0.29, 0.717) is 25.7 Å². The molecule has 546 valence electrons. The molecule has 0 radical (unpaired) electrons. The van der Waals surface area contributed by atoms with E-state index < -0.39 is 97.5 Å². The van der Waals surface area contributed by atoms with Gasteiger partial charge in [-0.25, -0.2) is 9.13 Å². The maximum Gasteiger partial charge on any atom is 0.472 e. The lowest BCUT2D eigenvalue weighted by Crippen LogP contribution is -2.30. The molecule has 0 aliphatic heterocycles. The first kappa shape index (κ1) is 90.1. The number of rotatable bonds is 72. The number of phosphoric ester groups is 2. The highest BCUT2D eigenvalue weighted by atomic mass is 31.2. The molecule has 92 heavy (non-hydrogen) atoms. The summed E-state index contributed by atoms with van der Waals surface area (Å²) in [5.41, 5.74) is 0. The molecule has 0 saturated carbocycles. The van der Waals surface area contributed by atoms with E-state index in [0.717, 1.165) is 102 Å². The monoisotopic (exact) mass is 1350 g/mol. The zero-order chi connectivity index (χ0) is 67.9. The normalized spacial score (nSPS) is 14.4. The Morgan fingerprint density at radius 2 is 0.554 bits per heavy atom. The van der Waals surface area contributed by atoms with Crippen LogP contribution in [0.15, 0.2) is 0 Å². The number of aliphatic hydroxyl groups is 1. The molecule has 0 saturated heterocycles. The van der Waals surface area contributed by atoms with Crippen molar-refractivity contribution in [2.45, 2.75) is 394 Å². The molecule has 0 bridgehead atoms. The van der Waals surface area contributed by atoms with Crippen molar-refractivity contribution in [2.24, 2.45) is 11.8 Å². The number of esters is 4. The summed E-state index contributed by atoms with van der Waals surface area (Å²) in [4.78, 5) is 72.7. The van der Waals surface area contributed by atoms with Crippen LogP contribution >= 0.6 is 15.6 Å². The third kappa shape index (κ3) is 65.4. The Kier molecular flexibility index (Phi) is 63.7. The van der Waals surface area contributed by atoms with E-state index in [1.165, 1.54) is 193 Å². The van der Waals surface area contributed by atoms with Gasteiger partial charge >= 0.3 is 39.5 Å². The van der Waals surface area contributed by atoms with Gasteiger partial charge in [-0.05, 0) is 37.5 Å². The topological polar surface area (TPSA) is 237 Å². The Hall–Kier alpha value is -1.94. The fourth-order valence-electron chi connectivity index (χ4n) is 11.1. The fourth-order valence-corrected chi connectivity index (χ4v) is 12.7. The lowest BCUT2D eigenvalue weighted by atomic mass is 9.99. The highest BCUT2D eigenvalue weighted by molar-refractivity contribution is 7.47. The zero-order valence-corrected chi connectivity index (χ0v) is 61.6. The zero-order valence-electron chi connectivity index (χ0n) is 59.9. The summed E-state index contributed by atoms with van der Waals surface area (Å²) in [6.07, 6.45) is 51.1. The standard InChI is InChI=1S/C73H142O17P2/c1-7-10-12-14-16-18-20-22-27-31-38-44-50-56-71(76)84-61-68(89-72(77)57-51-45-39-32-28-24-21-23-26-29-35-41-47-53-65(4)5)63-87-91(79,80)85-59-67(74)60-86-92(81,82)88-64-69(62-83-70(75)55-49-43-37-30-25-19-17-15-13-11-8-2)90-73(78)58-52-46-40-34-33-36-42-48-54-66(6)9-3/h65-69,74H,7-64H2,1-6H3,(H,79,80)(H,81,82)/t66?,67-,68-,69-/m1/s1. The molecular formula is C73H142O17P2. The number of phosphoric acid groups is 2. The summed E-state index contributed by atoms with van der Waals surface area (Å²) < 4.78 is 68.4. The summed E-state index contributed by atoms with van der Waals surface area (Å²) in [5.74, 6) is -0.563. The van der Waals surface area contributed by atoms with Crippen molar-refractivity contribution in [3.05, 3.63) is 0 Å². The van der Waals surface area contributed by atoms with Crippen LogP contribution in [0.3, 0.4) is 0 Å². The van der Waals surface area contributed by atoms with Crippen LogP contribution in [-0.4, -0.2) is 96.7 Å². The molecule has 0 aromatic carbocycles. The lowest BCUT2D eigenvalue weighted by Gasteiger charge is -2.21. The first-order chi connectivity index (χ1) is 44.4. The van der Waals surface area contributed by atoms with E-state index in [-0.39, 0.29) is 25.7 Å². The van der Waals surface area contributed by atoms with E-state index in [1.54, 1.807) is 0 Å². The second-order valence-corrected chi connectivity index (χ2v) is 30.0. The Morgan fingerprint density at radius 3 is 0.826 bits per heavy atom. The highest BCUT2D eigenvalue weighted by Gasteiger charge is 2.30. The fraction of sp³-hybridized carbons (Fsp3) is 0.945. The van der Waals surface area contributed by atoms with Gasteiger partial charge in [0, 0.05) is 25.7 Å². The quantitative estimate of drug-likeness (QED) is 0.0222. The summed E-state index contributed by atoms with van der Waals surface area (Å²) in [7, 11) is -9.91. The Morgan fingerprint density at radius 1 is 0.315 bits per heavy atom. The Balaban J connectivity index is 5.26. The van der Waals surface area contributed by atoms with Crippen LogP contribution < -0.4 is 0 Å². The van der Waals surface area contributed by atoms with Gasteiger partial charge in [0.05, 0.1) is 26.4 Å². The molecule has 0 aliphatic carbocycles. The van der Waals surface area contributed by atoms with E-state index in [1.807, 2.05) is 0 Å². The average molecular weight is 1350 g/mol. The first-order valence-corrected chi connectivity index (χ1v) is 41.0. The summed E-state index contributed by atoms with van der Waals surface area (Å²) in [5, 5.41) is 10.6. The van der Waals surface area contributed by atoms with E-state index in [4.69, 9.17) is 37.0 Å². The molecule has 0 aliphatic rings. The summed E-state index contributed by atoms with van der Waals surface area (Å²) in [6.45, 7) is 9.59. The minimum Gasteiger partial charge on any atom is -0.462 e. The Bertz CT molecular complexity index is 1790. The minimum atomic E-state index is -4.95. The molecule has 19 heteroatoms. The van der Waals surface area contributed by atoms with Crippen LogP contribution in [0.1, 0.15) is 375 Å². The number of unbranched alkanes of at least 4 members (excludes halogenated alkanes) is 41. The summed E-state index contributed by atoms with van der Waals surface area (Å²) in [6, 6.07) is 0. The molecule has 0 aromatic heterocycles. The largest absolute Gasteiger partial charge is 0.472 e. The van der Waals surface area contributed by atoms with Gasteiger partial charge in [0.2, 0.25) is 0 Å². The van der Waals surface area contributed by atoms with Crippen LogP contribution in [0, 0.1) is 11.8 Å². The van der Waals surface area contributed by atoms with Crippen LogP contribution in [-0.2, 0) is 65.4 Å². The van der Waals surface area contributed by atoms with E-state index in [9.17, 15) is 43.2 Å². The molecule has 0 fully saturated rings. The number of carbonyl (C=O) groups excluding carboxylic acids is 4. The number of ether oxygens (including phenoxy) is 4. The smallest absolute Gasteiger partial charge is 0.462 e. The maximum absolute atomic E-state index is 13.1. The predicted octanol–water partition coefficient (Wildman–Crippen LogP) is 21.2. The maximum atomic E-state index is 13.1. The molecule has 3 unspecified atom stereocenters. The molecular weight excluding hydrogens is 1210 g/mol. The number of carbonyl (C=O) groups is 4. The van der Waals surface area contributed by atoms with Crippen LogP contribution in [0.2, 0.25) is 0 Å². The molecule has 6 atom stereocenters. The van der Waals surface area contributed by atoms with Crippen LogP contribution in [0.4, 0.5) is 0 Å². The van der Waals surface area contributed by atoms with Gasteiger partial charge in [-0.3, -0.25) is 37.3 Å². The minimum absolute atomic E-state index is 0.105. The van der Waals surface area contributed by atoms with Gasteiger partial charge in [-0.2, -0.15) is 0 Å². The third-order valence-corrected chi connectivity index (χ3v) is 19.2. The van der Waals surface area contributed by atoms with Gasteiger partial charge in [0.1, 0.15) is 19.3 Å². The van der Waals surface area contributed by atoms with E-state index >= 15 is 0 Å². The number of hydrogen-bond acceptors (Lipinski definition) is 15. The second-order valence-electron chi connectivity index (χ2n) is 27.1. The molecule has 0 heterocycles. The highest BCUT2D eigenvalue weighted by Crippen LogP contribution is 2.45. The molecule has 3 N–H and O–H groups in total. The van der Waals surface area contributed by atoms with E-state index in [2.05, 4.69) is 41.5 Å². The van der Waals surface area contributed by atoms with Gasteiger partial charge in [-0.1, -0.05) is 324 Å². The summed E-state index contributed by atoms with van der Waals surface area (Å²) >= 11 is 0. The van der Waals surface area contributed by atoms with Gasteiger partial charge < -0.3 is 33.8 Å². The third-order valence-electron chi connectivity index (χ3n) is 17.3.